The third kappa shape index (κ3) is 4.56. The molecular formula is C26H25ClN2O4S. The molecule has 6 nitrogen and oxygen atoms in total. The molecule has 0 unspecified atom stereocenters. The summed E-state index contributed by atoms with van der Waals surface area (Å²) >= 11 is 6.14. The summed E-state index contributed by atoms with van der Waals surface area (Å²) in [6, 6.07) is 21.2. The number of carbonyl (C=O) groups excluding carboxylic acids is 1. The van der Waals surface area contributed by atoms with Gasteiger partial charge in [-0.05, 0) is 62.2 Å². The molecule has 0 aliphatic carbocycles. The van der Waals surface area contributed by atoms with E-state index in [1.54, 1.807) is 24.3 Å². The number of halogens is 1. The van der Waals surface area contributed by atoms with Crippen molar-refractivity contribution in [2.45, 2.75) is 17.7 Å². The number of rotatable bonds is 5. The van der Waals surface area contributed by atoms with Gasteiger partial charge in [-0.25, -0.2) is 8.42 Å². The number of fused-ring (bicyclic) bond motifs is 2. The summed E-state index contributed by atoms with van der Waals surface area (Å²) in [5, 5.41) is 0.341. The van der Waals surface area contributed by atoms with E-state index in [4.69, 9.17) is 16.3 Å². The molecule has 0 atom stereocenters. The molecule has 176 valence electrons. The minimum Gasteiger partial charge on any atom is -0.454 e. The quantitative estimate of drug-likeness (QED) is 0.452. The second kappa shape index (κ2) is 9.41. The third-order valence-electron chi connectivity index (χ3n) is 6.42. The van der Waals surface area contributed by atoms with Crippen LogP contribution in [0, 0.1) is 5.92 Å². The number of carbonyl (C=O) groups is 1. The molecule has 1 fully saturated rings. The van der Waals surface area contributed by atoms with Crippen LogP contribution in [0.5, 0.6) is 11.5 Å². The minimum atomic E-state index is -3.87. The SMILES string of the molecule is O=C(CN1CCC(CN2c3ccccc3Oc3ccc(Cl)cc3S2(=O)=O)CC1)c1ccccc1. The Balaban J connectivity index is 1.33. The molecule has 0 saturated carbocycles. The van der Waals surface area contributed by atoms with E-state index in [-0.39, 0.29) is 22.3 Å². The van der Waals surface area contributed by atoms with E-state index < -0.39 is 10.0 Å². The highest BCUT2D eigenvalue weighted by Gasteiger charge is 2.36. The second-order valence-electron chi connectivity index (χ2n) is 8.71. The topological polar surface area (TPSA) is 66.9 Å². The predicted molar refractivity (Wildman–Crippen MR) is 132 cm³/mol. The molecule has 0 N–H and O–H groups in total. The maximum atomic E-state index is 13.7. The minimum absolute atomic E-state index is 0.0714. The number of anilines is 1. The molecule has 0 amide bonds. The Morgan fingerprint density at radius 1 is 0.941 bits per heavy atom. The van der Waals surface area contributed by atoms with Gasteiger partial charge in [0, 0.05) is 17.1 Å². The van der Waals surface area contributed by atoms with Gasteiger partial charge in [0.1, 0.15) is 10.6 Å². The zero-order valence-corrected chi connectivity index (χ0v) is 20.1. The van der Waals surface area contributed by atoms with Gasteiger partial charge in [0.05, 0.1) is 12.2 Å². The van der Waals surface area contributed by atoms with E-state index in [1.807, 2.05) is 42.5 Å². The number of hydrogen-bond acceptors (Lipinski definition) is 5. The number of ether oxygens (including phenoxy) is 1. The van der Waals surface area contributed by atoms with Crippen LogP contribution in [0.2, 0.25) is 5.02 Å². The van der Waals surface area contributed by atoms with E-state index in [0.29, 0.717) is 35.1 Å². The van der Waals surface area contributed by atoms with Crippen molar-refractivity contribution in [2.75, 3.05) is 30.5 Å². The fourth-order valence-electron chi connectivity index (χ4n) is 4.56. The Bertz CT molecular complexity index is 1310. The average Bonchev–Trinajstić information content (AvgIpc) is 2.93. The van der Waals surface area contributed by atoms with Crippen LogP contribution in [0.25, 0.3) is 0 Å². The molecule has 0 radical (unpaired) electrons. The smallest absolute Gasteiger partial charge is 0.268 e. The van der Waals surface area contributed by atoms with Crippen LogP contribution in [0.4, 0.5) is 5.69 Å². The third-order valence-corrected chi connectivity index (χ3v) is 8.46. The first-order valence-electron chi connectivity index (χ1n) is 11.3. The van der Waals surface area contributed by atoms with Crippen LogP contribution in [0.15, 0.2) is 77.7 Å². The Morgan fingerprint density at radius 3 is 2.41 bits per heavy atom. The zero-order valence-electron chi connectivity index (χ0n) is 18.6. The summed E-state index contributed by atoms with van der Waals surface area (Å²) in [6.45, 7) is 2.21. The normalized spacial score (nSPS) is 17.9. The van der Waals surface area contributed by atoms with E-state index in [0.717, 1.165) is 25.9 Å². The standard InChI is InChI=1S/C26H25ClN2O4S/c27-21-10-11-25-26(16-21)34(31,32)29(22-8-4-5-9-24(22)33-25)17-19-12-14-28(15-13-19)18-23(30)20-6-2-1-3-7-20/h1-11,16,19H,12-15,17-18H2. The molecule has 1 saturated heterocycles. The number of piperidine rings is 1. The van der Waals surface area contributed by atoms with Crippen LogP contribution >= 0.6 is 11.6 Å². The van der Waals surface area contributed by atoms with E-state index >= 15 is 0 Å². The molecule has 3 aromatic rings. The van der Waals surface area contributed by atoms with Gasteiger partial charge in [0.2, 0.25) is 0 Å². The van der Waals surface area contributed by atoms with Gasteiger partial charge in [-0.2, -0.15) is 0 Å². The largest absolute Gasteiger partial charge is 0.454 e. The molecule has 2 aliphatic heterocycles. The van der Waals surface area contributed by atoms with Crippen LogP contribution < -0.4 is 9.04 Å². The molecule has 0 spiro atoms. The Hall–Kier alpha value is -2.87. The number of para-hydroxylation sites is 2. The molecule has 0 bridgehead atoms. The number of benzene rings is 3. The van der Waals surface area contributed by atoms with Crippen LogP contribution in [-0.4, -0.2) is 45.3 Å². The highest BCUT2D eigenvalue weighted by Crippen LogP contribution is 2.43. The first-order chi connectivity index (χ1) is 16.4. The summed E-state index contributed by atoms with van der Waals surface area (Å²) in [5.74, 6) is 1.03. The summed E-state index contributed by atoms with van der Waals surface area (Å²) in [7, 11) is -3.87. The lowest BCUT2D eigenvalue weighted by Gasteiger charge is -2.34. The van der Waals surface area contributed by atoms with Crippen molar-refractivity contribution >= 4 is 33.1 Å². The van der Waals surface area contributed by atoms with Gasteiger partial charge in [0.15, 0.2) is 11.5 Å². The lowest BCUT2D eigenvalue weighted by molar-refractivity contribution is 0.0898. The number of ketones is 1. The lowest BCUT2D eigenvalue weighted by Crippen LogP contribution is -2.42. The molecule has 3 aromatic carbocycles. The molecule has 8 heteroatoms. The number of hydrogen-bond donors (Lipinski definition) is 0. The maximum absolute atomic E-state index is 13.7. The van der Waals surface area contributed by atoms with Crippen LogP contribution in [0.1, 0.15) is 23.2 Å². The van der Waals surface area contributed by atoms with Crippen molar-refractivity contribution in [1.29, 1.82) is 0 Å². The maximum Gasteiger partial charge on any atom is 0.268 e. The first kappa shape index (κ1) is 22.9. The predicted octanol–water partition coefficient (Wildman–Crippen LogP) is 5.24. The fraction of sp³-hybridized carbons (Fsp3) is 0.269. The highest BCUT2D eigenvalue weighted by molar-refractivity contribution is 7.93. The lowest BCUT2D eigenvalue weighted by atomic mass is 9.96. The molecule has 0 aromatic heterocycles. The van der Waals surface area contributed by atoms with E-state index in [9.17, 15) is 13.2 Å². The van der Waals surface area contributed by atoms with Gasteiger partial charge in [-0.1, -0.05) is 54.1 Å². The van der Waals surface area contributed by atoms with Crippen molar-refractivity contribution in [2.24, 2.45) is 5.92 Å². The van der Waals surface area contributed by atoms with Gasteiger partial charge in [-0.15, -0.1) is 0 Å². The van der Waals surface area contributed by atoms with Crippen LogP contribution in [-0.2, 0) is 10.0 Å². The number of Topliss-reactive ketones (excluding diaryl/α,β-unsaturated/α-hetero) is 1. The highest BCUT2D eigenvalue weighted by atomic mass is 35.5. The summed E-state index contributed by atoms with van der Waals surface area (Å²) in [6.07, 6.45) is 1.61. The second-order valence-corrected chi connectivity index (χ2v) is 11.0. The number of nitrogens with zero attached hydrogens (tertiary/aromatic N) is 2. The average molecular weight is 497 g/mol. The Kier molecular flexibility index (Phi) is 6.34. The number of sulfonamides is 1. The van der Waals surface area contributed by atoms with Gasteiger partial charge in [-0.3, -0.25) is 14.0 Å². The number of likely N-dealkylation sites (tertiary alicyclic amines) is 1. The van der Waals surface area contributed by atoms with Gasteiger partial charge >= 0.3 is 0 Å². The van der Waals surface area contributed by atoms with Gasteiger partial charge < -0.3 is 4.74 Å². The Morgan fingerprint density at radius 2 is 1.65 bits per heavy atom. The molecule has 2 aliphatic rings. The fourth-order valence-corrected chi connectivity index (χ4v) is 6.49. The molecular weight excluding hydrogens is 472 g/mol. The summed E-state index contributed by atoms with van der Waals surface area (Å²) in [5.41, 5.74) is 1.24. The Labute approximate surface area is 204 Å². The zero-order chi connectivity index (χ0) is 23.7. The van der Waals surface area contributed by atoms with E-state index in [2.05, 4.69) is 4.90 Å². The van der Waals surface area contributed by atoms with Crippen molar-refractivity contribution < 1.29 is 17.9 Å². The van der Waals surface area contributed by atoms with Crippen molar-refractivity contribution in [3.05, 3.63) is 83.4 Å². The molecule has 34 heavy (non-hydrogen) atoms. The van der Waals surface area contributed by atoms with Crippen molar-refractivity contribution in [3.63, 3.8) is 0 Å². The summed E-state index contributed by atoms with van der Waals surface area (Å²) in [4.78, 5) is 14.8. The first-order valence-corrected chi connectivity index (χ1v) is 13.1. The van der Waals surface area contributed by atoms with E-state index in [1.165, 1.54) is 10.4 Å². The monoisotopic (exact) mass is 496 g/mol. The molecule has 5 rings (SSSR count). The van der Waals surface area contributed by atoms with Crippen LogP contribution in [0.3, 0.4) is 0 Å². The molecule has 2 heterocycles. The summed E-state index contributed by atoms with van der Waals surface area (Å²) < 4.78 is 34.9. The van der Waals surface area contributed by atoms with Crippen molar-refractivity contribution in [3.8, 4) is 11.5 Å². The van der Waals surface area contributed by atoms with Crippen molar-refractivity contribution in [1.82, 2.24) is 4.90 Å². The van der Waals surface area contributed by atoms with Gasteiger partial charge in [0.25, 0.3) is 10.0 Å².